The zero-order valence-corrected chi connectivity index (χ0v) is 12.7. The minimum absolute atomic E-state index is 0.0257. The van der Waals surface area contributed by atoms with Crippen molar-refractivity contribution in [2.45, 2.75) is 19.9 Å². The monoisotopic (exact) mass is 286 g/mol. The van der Waals surface area contributed by atoms with Crippen molar-refractivity contribution in [1.82, 2.24) is 9.80 Å². The first kappa shape index (κ1) is 15.5. The smallest absolute Gasteiger partial charge is 0.238 e. The lowest BCUT2D eigenvalue weighted by molar-refractivity contribution is -0.118. The molecule has 1 aliphatic rings. The van der Waals surface area contributed by atoms with Crippen molar-refractivity contribution in [1.29, 1.82) is 5.26 Å². The molecule has 1 aliphatic heterocycles. The summed E-state index contributed by atoms with van der Waals surface area (Å²) >= 11 is 0. The molecule has 1 unspecified atom stereocenters. The van der Waals surface area contributed by atoms with Gasteiger partial charge in [0.15, 0.2) is 0 Å². The van der Waals surface area contributed by atoms with E-state index in [4.69, 9.17) is 5.26 Å². The van der Waals surface area contributed by atoms with E-state index in [9.17, 15) is 4.79 Å². The minimum atomic E-state index is -0.0257. The van der Waals surface area contributed by atoms with Gasteiger partial charge in [-0.15, -0.1) is 0 Å². The van der Waals surface area contributed by atoms with Crippen LogP contribution in [0.15, 0.2) is 24.3 Å². The van der Waals surface area contributed by atoms with Gasteiger partial charge in [0.25, 0.3) is 0 Å². The first-order chi connectivity index (χ1) is 10.1. The van der Waals surface area contributed by atoms with Crippen LogP contribution >= 0.6 is 0 Å². The number of anilines is 1. The zero-order valence-electron chi connectivity index (χ0n) is 12.7. The van der Waals surface area contributed by atoms with Crippen LogP contribution in [0.1, 0.15) is 19.4 Å². The fourth-order valence-corrected chi connectivity index (χ4v) is 2.75. The van der Waals surface area contributed by atoms with Gasteiger partial charge in [-0.05, 0) is 31.7 Å². The SMILES string of the molecule is CCN1CCN(CC(=O)Nc2cccc(C#N)c2)CC1C. The Bertz CT molecular complexity index is 537. The number of nitrogens with one attached hydrogen (secondary N) is 1. The van der Waals surface area contributed by atoms with Crippen molar-refractivity contribution in [3.05, 3.63) is 29.8 Å². The van der Waals surface area contributed by atoms with Gasteiger partial charge in [-0.25, -0.2) is 0 Å². The quantitative estimate of drug-likeness (QED) is 0.912. The zero-order chi connectivity index (χ0) is 15.2. The minimum Gasteiger partial charge on any atom is -0.325 e. The molecule has 1 aromatic carbocycles. The van der Waals surface area contributed by atoms with Gasteiger partial charge < -0.3 is 5.32 Å². The number of hydrogen-bond donors (Lipinski definition) is 1. The predicted octanol–water partition coefficient (Wildman–Crippen LogP) is 1.52. The van der Waals surface area contributed by atoms with Crippen LogP contribution in [-0.4, -0.2) is 54.5 Å². The molecule has 0 bridgehead atoms. The van der Waals surface area contributed by atoms with E-state index < -0.39 is 0 Å². The van der Waals surface area contributed by atoms with E-state index in [1.165, 1.54) is 0 Å². The van der Waals surface area contributed by atoms with Gasteiger partial charge in [0.2, 0.25) is 5.91 Å². The molecule has 1 atom stereocenters. The van der Waals surface area contributed by atoms with Gasteiger partial charge in [0.1, 0.15) is 0 Å². The molecular formula is C16H22N4O. The molecule has 5 heteroatoms. The first-order valence-corrected chi connectivity index (χ1v) is 7.38. The normalized spacial score (nSPS) is 20.0. The highest BCUT2D eigenvalue weighted by Gasteiger charge is 2.23. The number of likely N-dealkylation sites (N-methyl/N-ethyl adjacent to an activating group) is 1. The maximum Gasteiger partial charge on any atom is 0.238 e. The van der Waals surface area contributed by atoms with Crippen molar-refractivity contribution >= 4 is 11.6 Å². The number of rotatable bonds is 4. The average Bonchev–Trinajstić information content (AvgIpc) is 2.47. The molecule has 1 amide bonds. The number of benzene rings is 1. The molecule has 0 spiro atoms. The highest BCUT2D eigenvalue weighted by molar-refractivity contribution is 5.92. The number of amides is 1. The maximum atomic E-state index is 12.1. The molecule has 112 valence electrons. The molecule has 1 heterocycles. The summed E-state index contributed by atoms with van der Waals surface area (Å²) in [5, 5.41) is 11.7. The largest absolute Gasteiger partial charge is 0.325 e. The summed E-state index contributed by atoms with van der Waals surface area (Å²) in [7, 11) is 0. The predicted molar refractivity (Wildman–Crippen MR) is 82.9 cm³/mol. The topological polar surface area (TPSA) is 59.4 Å². The summed E-state index contributed by atoms with van der Waals surface area (Å²) in [6, 6.07) is 9.55. The Morgan fingerprint density at radius 3 is 2.95 bits per heavy atom. The van der Waals surface area contributed by atoms with Crippen LogP contribution in [0, 0.1) is 11.3 Å². The number of carbonyl (C=O) groups is 1. The van der Waals surface area contributed by atoms with E-state index >= 15 is 0 Å². The van der Waals surface area contributed by atoms with Gasteiger partial charge in [0.05, 0.1) is 18.2 Å². The van der Waals surface area contributed by atoms with Crippen LogP contribution in [0.25, 0.3) is 0 Å². The second-order valence-corrected chi connectivity index (χ2v) is 5.45. The molecule has 1 saturated heterocycles. The molecule has 21 heavy (non-hydrogen) atoms. The van der Waals surface area contributed by atoms with Crippen LogP contribution < -0.4 is 5.32 Å². The lowest BCUT2D eigenvalue weighted by Crippen LogP contribution is -2.53. The summed E-state index contributed by atoms with van der Waals surface area (Å²) in [5.74, 6) is -0.0257. The molecule has 0 radical (unpaired) electrons. The Labute approximate surface area is 126 Å². The van der Waals surface area contributed by atoms with Crippen LogP contribution in [0.5, 0.6) is 0 Å². The van der Waals surface area contributed by atoms with E-state index in [1.807, 2.05) is 0 Å². The van der Waals surface area contributed by atoms with Gasteiger partial charge >= 0.3 is 0 Å². The highest BCUT2D eigenvalue weighted by atomic mass is 16.2. The Balaban J connectivity index is 1.86. The summed E-state index contributed by atoms with van der Waals surface area (Å²) < 4.78 is 0. The van der Waals surface area contributed by atoms with Gasteiger partial charge in [-0.2, -0.15) is 5.26 Å². The molecular weight excluding hydrogens is 264 g/mol. The number of hydrogen-bond acceptors (Lipinski definition) is 4. The third kappa shape index (κ3) is 4.28. The van der Waals surface area contributed by atoms with Gasteiger partial charge in [-0.3, -0.25) is 14.6 Å². The van der Waals surface area contributed by atoms with E-state index in [1.54, 1.807) is 24.3 Å². The molecule has 0 aliphatic carbocycles. The van der Waals surface area contributed by atoms with Crippen LogP contribution in [-0.2, 0) is 4.79 Å². The van der Waals surface area contributed by atoms with Crippen molar-refractivity contribution in [3.63, 3.8) is 0 Å². The van der Waals surface area contributed by atoms with Gasteiger partial charge in [-0.1, -0.05) is 13.0 Å². The standard InChI is InChI=1S/C16H22N4O/c1-3-20-8-7-19(11-13(20)2)12-16(21)18-15-6-4-5-14(9-15)10-17/h4-6,9,13H,3,7-8,11-12H2,1-2H3,(H,18,21). The summed E-state index contributed by atoms with van der Waals surface area (Å²) in [5.41, 5.74) is 1.23. The fraction of sp³-hybridized carbons (Fsp3) is 0.500. The summed E-state index contributed by atoms with van der Waals surface area (Å²) in [4.78, 5) is 16.7. The van der Waals surface area contributed by atoms with Gasteiger partial charge in [0, 0.05) is 31.4 Å². The Morgan fingerprint density at radius 2 is 2.29 bits per heavy atom. The first-order valence-electron chi connectivity index (χ1n) is 7.38. The number of nitrogens with zero attached hydrogens (tertiary/aromatic N) is 3. The molecule has 5 nitrogen and oxygen atoms in total. The summed E-state index contributed by atoms with van der Waals surface area (Å²) in [6.07, 6.45) is 0. The fourth-order valence-electron chi connectivity index (χ4n) is 2.75. The van der Waals surface area contributed by atoms with E-state index in [2.05, 4.69) is 35.0 Å². The third-order valence-corrected chi connectivity index (χ3v) is 3.90. The number of piperazine rings is 1. The van der Waals surface area contributed by atoms with Crippen molar-refractivity contribution in [2.24, 2.45) is 0 Å². The average molecular weight is 286 g/mol. The third-order valence-electron chi connectivity index (χ3n) is 3.90. The highest BCUT2D eigenvalue weighted by Crippen LogP contribution is 2.11. The lowest BCUT2D eigenvalue weighted by atomic mass is 10.2. The van der Waals surface area contributed by atoms with Crippen molar-refractivity contribution in [2.75, 3.05) is 38.0 Å². The maximum absolute atomic E-state index is 12.1. The second-order valence-electron chi connectivity index (χ2n) is 5.45. The molecule has 2 rings (SSSR count). The second kappa shape index (κ2) is 7.21. The summed E-state index contributed by atoms with van der Waals surface area (Å²) in [6.45, 7) is 8.67. The molecule has 1 N–H and O–H groups in total. The van der Waals surface area contributed by atoms with Crippen LogP contribution in [0.2, 0.25) is 0 Å². The molecule has 0 aromatic heterocycles. The molecule has 1 aromatic rings. The molecule has 0 saturated carbocycles. The number of nitriles is 1. The van der Waals surface area contributed by atoms with Crippen molar-refractivity contribution in [3.8, 4) is 6.07 Å². The van der Waals surface area contributed by atoms with E-state index in [-0.39, 0.29) is 5.91 Å². The Kier molecular flexibility index (Phi) is 5.32. The Hall–Kier alpha value is -1.90. The van der Waals surface area contributed by atoms with E-state index in [0.717, 1.165) is 26.2 Å². The molecule has 1 fully saturated rings. The number of carbonyl (C=O) groups excluding carboxylic acids is 1. The van der Waals surface area contributed by atoms with E-state index in [0.29, 0.717) is 23.8 Å². The Morgan fingerprint density at radius 1 is 1.48 bits per heavy atom. The van der Waals surface area contributed by atoms with Crippen LogP contribution in [0.4, 0.5) is 5.69 Å². The van der Waals surface area contributed by atoms with Crippen LogP contribution in [0.3, 0.4) is 0 Å². The lowest BCUT2D eigenvalue weighted by Gasteiger charge is -2.38. The van der Waals surface area contributed by atoms with Crippen molar-refractivity contribution < 1.29 is 4.79 Å².